The molecule has 0 aliphatic rings. The van der Waals surface area contributed by atoms with Crippen LogP contribution in [0.4, 0.5) is 0 Å². The van der Waals surface area contributed by atoms with Crippen molar-refractivity contribution in [3.8, 4) is 0 Å². The van der Waals surface area contributed by atoms with E-state index in [1.807, 2.05) is 13.8 Å². The number of benzene rings is 1. The van der Waals surface area contributed by atoms with E-state index in [2.05, 4.69) is 15.5 Å². The Labute approximate surface area is 121 Å². The van der Waals surface area contributed by atoms with Gasteiger partial charge in [-0.05, 0) is 18.2 Å². The van der Waals surface area contributed by atoms with Crippen LogP contribution < -0.4 is 5.32 Å². The minimum atomic E-state index is -0.186. The second-order valence-corrected chi connectivity index (χ2v) is 5.06. The molecule has 0 atom stereocenters. The zero-order valence-electron chi connectivity index (χ0n) is 11.8. The number of rotatable bonds is 4. The average Bonchev–Trinajstić information content (AvgIpc) is 3.12. The number of hydrogen-bond acceptors (Lipinski definition) is 5. The Bertz CT molecular complexity index is 760. The molecule has 0 saturated heterocycles. The zero-order chi connectivity index (χ0) is 14.8. The predicted molar refractivity (Wildman–Crippen MR) is 75.8 cm³/mol. The highest BCUT2D eigenvalue weighted by Gasteiger charge is 2.12. The zero-order valence-corrected chi connectivity index (χ0v) is 11.8. The third kappa shape index (κ3) is 2.79. The lowest BCUT2D eigenvalue weighted by atomic mass is 10.2. The fraction of sp³-hybridized carbons (Fsp3) is 0.267. The van der Waals surface area contributed by atoms with Gasteiger partial charge >= 0.3 is 0 Å². The van der Waals surface area contributed by atoms with E-state index in [0.717, 1.165) is 0 Å². The predicted octanol–water partition coefficient (Wildman–Crippen LogP) is 2.87. The SMILES string of the molecule is CC(C)c1nc2cc(C(=O)NCc3ccon3)ccc2o1. The number of carbonyl (C=O) groups is 1. The summed E-state index contributed by atoms with van der Waals surface area (Å²) in [6.45, 7) is 4.34. The average molecular weight is 285 g/mol. The van der Waals surface area contributed by atoms with E-state index in [-0.39, 0.29) is 11.8 Å². The molecule has 108 valence electrons. The van der Waals surface area contributed by atoms with Crippen molar-refractivity contribution in [1.82, 2.24) is 15.5 Å². The topological polar surface area (TPSA) is 81.2 Å². The number of amides is 1. The highest BCUT2D eigenvalue weighted by atomic mass is 16.5. The smallest absolute Gasteiger partial charge is 0.251 e. The van der Waals surface area contributed by atoms with Crippen LogP contribution in [0.1, 0.15) is 41.7 Å². The summed E-state index contributed by atoms with van der Waals surface area (Å²) in [7, 11) is 0. The van der Waals surface area contributed by atoms with Gasteiger partial charge in [-0.25, -0.2) is 4.98 Å². The Balaban J connectivity index is 1.78. The Morgan fingerprint density at radius 1 is 1.33 bits per heavy atom. The van der Waals surface area contributed by atoms with Crippen LogP contribution in [0.3, 0.4) is 0 Å². The van der Waals surface area contributed by atoms with E-state index in [1.54, 1.807) is 24.3 Å². The maximum Gasteiger partial charge on any atom is 0.251 e. The fourth-order valence-corrected chi connectivity index (χ4v) is 1.94. The molecule has 3 rings (SSSR count). The highest BCUT2D eigenvalue weighted by Crippen LogP contribution is 2.22. The van der Waals surface area contributed by atoms with Crippen LogP contribution in [0.25, 0.3) is 11.1 Å². The van der Waals surface area contributed by atoms with Crippen LogP contribution >= 0.6 is 0 Å². The number of hydrogen-bond donors (Lipinski definition) is 1. The van der Waals surface area contributed by atoms with Crippen LogP contribution in [-0.2, 0) is 6.54 Å². The van der Waals surface area contributed by atoms with Gasteiger partial charge in [-0.1, -0.05) is 19.0 Å². The monoisotopic (exact) mass is 285 g/mol. The molecule has 1 aromatic carbocycles. The van der Waals surface area contributed by atoms with Gasteiger partial charge in [0.2, 0.25) is 0 Å². The summed E-state index contributed by atoms with van der Waals surface area (Å²) in [5, 5.41) is 6.51. The minimum absolute atomic E-state index is 0.186. The van der Waals surface area contributed by atoms with E-state index >= 15 is 0 Å². The summed E-state index contributed by atoms with van der Waals surface area (Å²) in [6, 6.07) is 6.91. The molecule has 0 spiro atoms. The van der Waals surface area contributed by atoms with Crippen LogP contribution in [0.15, 0.2) is 39.5 Å². The van der Waals surface area contributed by atoms with Gasteiger partial charge in [-0.15, -0.1) is 0 Å². The summed E-state index contributed by atoms with van der Waals surface area (Å²) in [4.78, 5) is 16.5. The number of carbonyl (C=O) groups excluding carboxylic acids is 1. The molecule has 21 heavy (non-hydrogen) atoms. The first-order valence-electron chi connectivity index (χ1n) is 6.71. The van der Waals surface area contributed by atoms with E-state index < -0.39 is 0 Å². The maximum atomic E-state index is 12.1. The lowest BCUT2D eigenvalue weighted by Crippen LogP contribution is -2.22. The summed E-state index contributed by atoms with van der Waals surface area (Å²) >= 11 is 0. The molecule has 2 aromatic heterocycles. The molecule has 0 aliphatic heterocycles. The quantitative estimate of drug-likeness (QED) is 0.797. The van der Waals surface area contributed by atoms with Gasteiger partial charge in [0.25, 0.3) is 5.91 Å². The normalized spacial score (nSPS) is 11.2. The lowest BCUT2D eigenvalue weighted by Gasteiger charge is -2.02. The Morgan fingerprint density at radius 3 is 2.90 bits per heavy atom. The van der Waals surface area contributed by atoms with Crippen LogP contribution in [0.5, 0.6) is 0 Å². The molecule has 1 N–H and O–H groups in total. The highest BCUT2D eigenvalue weighted by molar-refractivity contribution is 5.97. The van der Waals surface area contributed by atoms with Crippen molar-refractivity contribution >= 4 is 17.0 Å². The van der Waals surface area contributed by atoms with Gasteiger partial charge < -0.3 is 14.3 Å². The summed E-state index contributed by atoms with van der Waals surface area (Å²) in [5.41, 5.74) is 2.59. The summed E-state index contributed by atoms with van der Waals surface area (Å²) < 4.78 is 10.3. The largest absolute Gasteiger partial charge is 0.440 e. The summed E-state index contributed by atoms with van der Waals surface area (Å²) in [6.07, 6.45) is 1.47. The van der Waals surface area contributed by atoms with Gasteiger partial charge in [-0.2, -0.15) is 0 Å². The van der Waals surface area contributed by atoms with Crippen LogP contribution in [0, 0.1) is 0 Å². The van der Waals surface area contributed by atoms with Crippen molar-refractivity contribution in [2.75, 3.05) is 0 Å². The van der Waals surface area contributed by atoms with Gasteiger partial charge in [-0.3, -0.25) is 4.79 Å². The molecule has 6 heteroatoms. The third-order valence-corrected chi connectivity index (χ3v) is 3.08. The minimum Gasteiger partial charge on any atom is -0.440 e. The molecule has 0 radical (unpaired) electrons. The van der Waals surface area contributed by atoms with E-state index in [0.29, 0.717) is 34.8 Å². The molecular weight excluding hydrogens is 270 g/mol. The molecule has 2 heterocycles. The van der Waals surface area contributed by atoms with Gasteiger partial charge in [0.05, 0.1) is 6.54 Å². The molecule has 0 unspecified atom stereocenters. The second kappa shape index (κ2) is 5.40. The molecule has 0 aliphatic carbocycles. The standard InChI is InChI=1S/C15H15N3O3/c1-9(2)15-17-12-7-10(3-4-13(12)21-15)14(19)16-8-11-5-6-20-18-11/h3-7,9H,8H2,1-2H3,(H,16,19). The molecule has 1 amide bonds. The second-order valence-electron chi connectivity index (χ2n) is 5.06. The number of oxazole rings is 1. The van der Waals surface area contributed by atoms with Crippen molar-refractivity contribution < 1.29 is 13.7 Å². The first kappa shape index (κ1) is 13.4. The van der Waals surface area contributed by atoms with Crippen molar-refractivity contribution in [3.05, 3.63) is 47.7 Å². The fourth-order valence-electron chi connectivity index (χ4n) is 1.94. The van der Waals surface area contributed by atoms with Crippen LogP contribution in [-0.4, -0.2) is 16.0 Å². The van der Waals surface area contributed by atoms with Gasteiger partial charge in [0.15, 0.2) is 11.5 Å². The summed E-state index contributed by atoms with van der Waals surface area (Å²) in [5.74, 6) is 0.695. The van der Waals surface area contributed by atoms with Crippen LogP contribution in [0.2, 0.25) is 0 Å². The van der Waals surface area contributed by atoms with Crippen molar-refractivity contribution in [1.29, 1.82) is 0 Å². The Hall–Kier alpha value is -2.63. The molecule has 3 aromatic rings. The van der Waals surface area contributed by atoms with Crippen molar-refractivity contribution in [2.45, 2.75) is 26.3 Å². The first-order chi connectivity index (χ1) is 10.1. The number of aromatic nitrogens is 2. The number of nitrogens with one attached hydrogen (secondary N) is 1. The third-order valence-electron chi connectivity index (χ3n) is 3.08. The van der Waals surface area contributed by atoms with E-state index in [4.69, 9.17) is 8.94 Å². The van der Waals surface area contributed by atoms with E-state index in [9.17, 15) is 4.79 Å². The Kier molecular flexibility index (Phi) is 3.43. The van der Waals surface area contributed by atoms with Gasteiger partial charge in [0.1, 0.15) is 17.5 Å². The molecular formula is C15H15N3O3. The first-order valence-corrected chi connectivity index (χ1v) is 6.71. The lowest BCUT2D eigenvalue weighted by molar-refractivity contribution is 0.0950. The molecule has 6 nitrogen and oxygen atoms in total. The molecule has 0 saturated carbocycles. The van der Waals surface area contributed by atoms with Crippen molar-refractivity contribution in [2.24, 2.45) is 0 Å². The number of nitrogens with zero attached hydrogens (tertiary/aromatic N) is 2. The molecule has 0 fully saturated rings. The van der Waals surface area contributed by atoms with Gasteiger partial charge in [0, 0.05) is 17.5 Å². The van der Waals surface area contributed by atoms with Crippen molar-refractivity contribution in [3.63, 3.8) is 0 Å². The maximum absolute atomic E-state index is 12.1. The number of fused-ring (bicyclic) bond motifs is 1. The Morgan fingerprint density at radius 2 is 2.19 bits per heavy atom. The van der Waals surface area contributed by atoms with E-state index in [1.165, 1.54) is 6.26 Å². The molecule has 0 bridgehead atoms.